The lowest BCUT2D eigenvalue weighted by atomic mass is 10.0. The van der Waals surface area contributed by atoms with Gasteiger partial charge in [-0.3, -0.25) is 0 Å². The molecular weight excluding hydrogens is 463 g/mol. The first kappa shape index (κ1) is 20.9. The normalized spacial score (nSPS) is 18.4. The molecule has 0 aromatic heterocycles. The molecule has 0 heterocycles. The minimum Gasteiger partial charge on any atom is -0.324 e. The zero-order valence-electron chi connectivity index (χ0n) is 14.1. The molecule has 0 aliphatic heterocycles. The maximum Gasteiger partial charge on any atom is 0.0323 e. The molecule has 2 atom stereocenters. The van der Waals surface area contributed by atoms with E-state index < -0.39 is 0 Å². The van der Waals surface area contributed by atoms with E-state index >= 15 is 0 Å². The predicted molar refractivity (Wildman–Crippen MR) is 115 cm³/mol. The van der Waals surface area contributed by atoms with Crippen LogP contribution in [0.5, 0.6) is 0 Å². The molecule has 0 radical (unpaired) electrons. The topological polar surface area (TPSA) is 52.0 Å². The Morgan fingerprint density at radius 1 is 0.640 bits per heavy atom. The Hall–Kier alpha value is -0.390. The second kappa shape index (κ2) is 9.52. The summed E-state index contributed by atoms with van der Waals surface area (Å²) in [5.41, 5.74) is 14.6. The molecule has 2 aliphatic rings. The monoisotopic (exact) mass is 486 g/mol. The Bertz CT molecular complexity index is 593. The first-order valence-corrected chi connectivity index (χ1v) is 10.2. The number of rotatable bonds is 4. The van der Waals surface area contributed by atoms with E-state index in [1.807, 2.05) is 0 Å². The van der Waals surface area contributed by atoms with E-state index in [0.29, 0.717) is 0 Å². The molecule has 0 amide bonds. The van der Waals surface area contributed by atoms with Crippen molar-refractivity contribution in [3.8, 4) is 0 Å². The van der Waals surface area contributed by atoms with Gasteiger partial charge in [-0.25, -0.2) is 0 Å². The van der Waals surface area contributed by atoms with Crippen LogP contribution in [0.25, 0.3) is 0 Å². The van der Waals surface area contributed by atoms with Gasteiger partial charge in [-0.2, -0.15) is 0 Å². The second-order valence-electron chi connectivity index (χ2n) is 6.83. The van der Waals surface area contributed by atoms with Crippen molar-refractivity contribution >= 4 is 44.3 Å². The first-order valence-electron chi connectivity index (χ1n) is 8.56. The fourth-order valence-corrected chi connectivity index (χ4v) is 3.35. The van der Waals surface area contributed by atoms with E-state index in [2.05, 4.69) is 80.4 Å². The largest absolute Gasteiger partial charge is 0.324 e. The molecule has 0 spiro atoms. The van der Waals surface area contributed by atoms with Crippen molar-refractivity contribution in [1.29, 1.82) is 0 Å². The van der Waals surface area contributed by atoms with Gasteiger partial charge >= 0.3 is 0 Å². The van der Waals surface area contributed by atoms with E-state index in [0.717, 1.165) is 20.8 Å². The summed E-state index contributed by atoms with van der Waals surface area (Å²) < 4.78 is 2.24. The Kier molecular flexibility index (Phi) is 7.96. The smallest absolute Gasteiger partial charge is 0.0323 e. The molecule has 0 bridgehead atoms. The lowest BCUT2D eigenvalue weighted by Gasteiger charge is -2.09. The average molecular weight is 489 g/mol. The first-order chi connectivity index (χ1) is 11.5. The third-order valence-electron chi connectivity index (χ3n) is 4.77. The van der Waals surface area contributed by atoms with Gasteiger partial charge in [0.1, 0.15) is 0 Å². The molecular formula is C20H25Br2ClN2. The molecule has 2 aromatic carbocycles. The van der Waals surface area contributed by atoms with Crippen LogP contribution in [0.2, 0.25) is 0 Å². The minimum atomic E-state index is 0. The third kappa shape index (κ3) is 6.37. The fourth-order valence-electron chi connectivity index (χ4n) is 2.83. The summed E-state index contributed by atoms with van der Waals surface area (Å²) in [4.78, 5) is 0. The van der Waals surface area contributed by atoms with E-state index in [1.54, 1.807) is 0 Å². The molecule has 2 unspecified atom stereocenters. The maximum atomic E-state index is 6.04. The standard InChI is InChI=1S/2C10H12BrN.ClH/c2*11-9-5-3-8(4-6-9)10(12)7-1-2-7;/h2*3-7,10H,1-2,12H2;1H. The highest BCUT2D eigenvalue weighted by molar-refractivity contribution is 9.10. The van der Waals surface area contributed by atoms with Gasteiger partial charge in [-0.05, 0) is 72.9 Å². The van der Waals surface area contributed by atoms with Gasteiger partial charge in [0.25, 0.3) is 0 Å². The van der Waals surface area contributed by atoms with Crippen molar-refractivity contribution in [1.82, 2.24) is 0 Å². The summed E-state index contributed by atoms with van der Waals surface area (Å²) in [5, 5.41) is 0. The van der Waals surface area contributed by atoms with Gasteiger partial charge in [0, 0.05) is 21.0 Å². The van der Waals surface area contributed by atoms with E-state index in [9.17, 15) is 0 Å². The van der Waals surface area contributed by atoms with Crippen LogP contribution in [0.3, 0.4) is 0 Å². The van der Waals surface area contributed by atoms with E-state index in [4.69, 9.17) is 11.5 Å². The van der Waals surface area contributed by atoms with Crippen molar-refractivity contribution in [3.05, 3.63) is 68.6 Å². The molecule has 2 fully saturated rings. The molecule has 4 N–H and O–H groups in total. The molecule has 5 heteroatoms. The number of hydrogen-bond donors (Lipinski definition) is 2. The van der Waals surface area contributed by atoms with Crippen LogP contribution in [0, 0.1) is 11.8 Å². The van der Waals surface area contributed by atoms with Crippen molar-refractivity contribution < 1.29 is 0 Å². The van der Waals surface area contributed by atoms with Gasteiger partial charge in [-0.1, -0.05) is 56.1 Å². The van der Waals surface area contributed by atoms with Crippen LogP contribution in [-0.2, 0) is 0 Å². The Balaban J connectivity index is 0.000000173. The predicted octanol–water partition coefficient (Wildman–Crippen LogP) is 6.14. The third-order valence-corrected chi connectivity index (χ3v) is 5.83. The van der Waals surface area contributed by atoms with Crippen LogP contribution in [-0.4, -0.2) is 0 Å². The molecule has 0 saturated heterocycles. The second-order valence-corrected chi connectivity index (χ2v) is 8.66. The zero-order valence-corrected chi connectivity index (χ0v) is 18.1. The van der Waals surface area contributed by atoms with Gasteiger partial charge in [0.15, 0.2) is 0 Å². The SMILES string of the molecule is Cl.NC(c1ccc(Br)cc1)C1CC1.NC(c1ccc(Br)cc1)C1CC1. The summed E-state index contributed by atoms with van der Waals surface area (Å²) in [7, 11) is 0. The molecule has 4 rings (SSSR count). The zero-order chi connectivity index (χ0) is 17.1. The van der Waals surface area contributed by atoms with Crippen LogP contribution in [0.15, 0.2) is 57.5 Å². The summed E-state index contributed by atoms with van der Waals surface area (Å²) in [6, 6.07) is 17.2. The molecule has 2 saturated carbocycles. The van der Waals surface area contributed by atoms with Crippen molar-refractivity contribution in [3.63, 3.8) is 0 Å². The summed E-state index contributed by atoms with van der Waals surface area (Å²) in [5.74, 6) is 1.48. The molecule has 25 heavy (non-hydrogen) atoms. The molecule has 2 nitrogen and oxygen atoms in total. The van der Waals surface area contributed by atoms with E-state index in [1.165, 1.54) is 36.8 Å². The number of nitrogens with two attached hydrogens (primary N) is 2. The van der Waals surface area contributed by atoms with Crippen LogP contribution in [0.1, 0.15) is 48.9 Å². The molecule has 2 aliphatic carbocycles. The number of hydrogen-bond acceptors (Lipinski definition) is 2. The lowest BCUT2D eigenvalue weighted by molar-refractivity contribution is 0.633. The van der Waals surface area contributed by atoms with Crippen LogP contribution in [0.4, 0.5) is 0 Å². The Labute approximate surface area is 173 Å². The van der Waals surface area contributed by atoms with Gasteiger partial charge in [0.05, 0.1) is 0 Å². The van der Waals surface area contributed by atoms with Crippen molar-refractivity contribution in [2.75, 3.05) is 0 Å². The summed E-state index contributed by atoms with van der Waals surface area (Å²) in [6.07, 6.45) is 5.21. The minimum absolute atomic E-state index is 0. The Morgan fingerprint density at radius 3 is 1.16 bits per heavy atom. The van der Waals surface area contributed by atoms with Gasteiger partial charge < -0.3 is 11.5 Å². The van der Waals surface area contributed by atoms with Crippen molar-refractivity contribution in [2.45, 2.75) is 37.8 Å². The highest BCUT2D eigenvalue weighted by Gasteiger charge is 2.29. The maximum absolute atomic E-state index is 6.04. The summed E-state index contributed by atoms with van der Waals surface area (Å²) in [6.45, 7) is 0. The number of benzene rings is 2. The van der Waals surface area contributed by atoms with Gasteiger partial charge in [0.2, 0.25) is 0 Å². The fraction of sp³-hybridized carbons (Fsp3) is 0.400. The van der Waals surface area contributed by atoms with Crippen LogP contribution < -0.4 is 11.5 Å². The number of halogens is 3. The highest BCUT2D eigenvalue weighted by atomic mass is 79.9. The van der Waals surface area contributed by atoms with Crippen molar-refractivity contribution in [2.24, 2.45) is 23.3 Å². The lowest BCUT2D eigenvalue weighted by Crippen LogP contribution is -2.11. The average Bonchev–Trinajstić information content (AvgIpc) is 3.49. The van der Waals surface area contributed by atoms with Gasteiger partial charge in [-0.15, -0.1) is 12.4 Å². The molecule has 136 valence electrons. The molecule has 2 aromatic rings. The Morgan fingerprint density at radius 2 is 0.920 bits per heavy atom. The summed E-state index contributed by atoms with van der Waals surface area (Å²) >= 11 is 6.81. The highest BCUT2D eigenvalue weighted by Crippen LogP contribution is 2.40. The quantitative estimate of drug-likeness (QED) is 0.543. The van der Waals surface area contributed by atoms with Crippen LogP contribution >= 0.6 is 44.3 Å². The van der Waals surface area contributed by atoms with E-state index in [-0.39, 0.29) is 24.5 Å².